The molecule has 2 heterocycles. The molecule has 176 valence electrons. The minimum Gasteiger partial charge on any atom is -0.405 e. The second-order valence-electron chi connectivity index (χ2n) is 8.61. The SMILES string of the molecule is O=C(CN1CCN(C(=O)c2ccccc2OC(F)(F)F)CC1)N1CCN(C2CCC2)CC1. The second kappa shape index (κ2) is 9.66. The number of benzene rings is 1. The number of rotatable bonds is 5. The average molecular weight is 454 g/mol. The predicted octanol–water partition coefficient (Wildman–Crippen LogP) is 2.04. The van der Waals surface area contributed by atoms with Crippen LogP contribution in [0.3, 0.4) is 0 Å². The van der Waals surface area contributed by atoms with Gasteiger partial charge < -0.3 is 14.5 Å². The molecule has 1 aliphatic carbocycles. The van der Waals surface area contributed by atoms with E-state index in [4.69, 9.17) is 0 Å². The number of hydrogen-bond acceptors (Lipinski definition) is 5. The summed E-state index contributed by atoms with van der Waals surface area (Å²) in [6, 6.07) is 6.08. The smallest absolute Gasteiger partial charge is 0.405 e. The molecule has 1 aromatic rings. The number of hydrogen-bond donors (Lipinski definition) is 0. The maximum absolute atomic E-state index is 12.8. The molecular formula is C22H29F3N4O3. The molecule has 0 unspecified atom stereocenters. The van der Waals surface area contributed by atoms with E-state index in [-0.39, 0.29) is 11.5 Å². The third-order valence-corrected chi connectivity index (χ3v) is 6.62. The fourth-order valence-electron chi connectivity index (χ4n) is 4.52. The fourth-order valence-corrected chi connectivity index (χ4v) is 4.52. The van der Waals surface area contributed by atoms with Crippen LogP contribution >= 0.6 is 0 Å². The largest absolute Gasteiger partial charge is 0.573 e. The number of nitrogens with zero attached hydrogens (tertiary/aromatic N) is 4. The predicted molar refractivity (Wildman–Crippen MR) is 111 cm³/mol. The van der Waals surface area contributed by atoms with Gasteiger partial charge in [0.2, 0.25) is 5.91 Å². The lowest BCUT2D eigenvalue weighted by atomic mass is 9.91. The first kappa shape index (κ1) is 22.8. The van der Waals surface area contributed by atoms with Crippen molar-refractivity contribution in [1.82, 2.24) is 19.6 Å². The number of ether oxygens (including phenoxy) is 1. The number of carbonyl (C=O) groups is 2. The summed E-state index contributed by atoms with van der Waals surface area (Å²) in [4.78, 5) is 33.4. The quantitative estimate of drug-likeness (QED) is 0.682. The molecule has 2 saturated heterocycles. The van der Waals surface area contributed by atoms with Crippen LogP contribution in [0.4, 0.5) is 13.2 Å². The van der Waals surface area contributed by atoms with Gasteiger partial charge in [0.25, 0.3) is 5.91 Å². The Kier molecular flexibility index (Phi) is 6.90. The number of para-hydroxylation sites is 1. The summed E-state index contributed by atoms with van der Waals surface area (Å²) in [5.74, 6) is -0.895. The Bertz CT molecular complexity index is 815. The highest BCUT2D eigenvalue weighted by atomic mass is 19.4. The summed E-state index contributed by atoms with van der Waals surface area (Å²) >= 11 is 0. The number of alkyl halides is 3. The summed E-state index contributed by atoms with van der Waals surface area (Å²) in [6.45, 7) is 5.37. The fraction of sp³-hybridized carbons (Fsp3) is 0.636. The first-order valence-electron chi connectivity index (χ1n) is 11.2. The van der Waals surface area contributed by atoms with Crippen molar-refractivity contribution in [1.29, 1.82) is 0 Å². The van der Waals surface area contributed by atoms with E-state index in [9.17, 15) is 22.8 Å². The molecule has 0 spiro atoms. The van der Waals surface area contributed by atoms with Crippen molar-refractivity contribution in [3.05, 3.63) is 29.8 Å². The van der Waals surface area contributed by atoms with Crippen LogP contribution in [0.2, 0.25) is 0 Å². The Labute approximate surface area is 185 Å². The molecule has 2 aliphatic heterocycles. The Hall–Kier alpha value is -2.33. The van der Waals surface area contributed by atoms with Gasteiger partial charge in [-0.05, 0) is 25.0 Å². The minimum atomic E-state index is -4.86. The molecule has 0 atom stereocenters. The van der Waals surface area contributed by atoms with Crippen molar-refractivity contribution in [2.75, 3.05) is 58.9 Å². The number of carbonyl (C=O) groups excluding carboxylic acids is 2. The van der Waals surface area contributed by atoms with Crippen LogP contribution in [0.1, 0.15) is 29.6 Å². The lowest BCUT2D eigenvalue weighted by Gasteiger charge is -2.43. The molecule has 10 heteroatoms. The van der Waals surface area contributed by atoms with Crippen LogP contribution in [0, 0.1) is 0 Å². The van der Waals surface area contributed by atoms with E-state index < -0.39 is 18.0 Å². The molecule has 1 saturated carbocycles. The molecule has 1 aromatic carbocycles. The Morgan fingerprint density at radius 3 is 2.12 bits per heavy atom. The van der Waals surface area contributed by atoms with Crippen molar-refractivity contribution in [3.63, 3.8) is 0 Å². The van der Waals surface area contributed by atoms with Gasteiger partial charge in [0.15, 0.2) is 0 Å². The van der Waals surface area contributed by atoms with E-state index in [0.717, 1.165) is 32.2 Å². The molecular weight excluding hydrogens is 425 g/mol. The summed E-state index contributed by atoms with van der Waals surface area (Å²) in [6.07, 6.45) is -1.02. The van der Waals surface area contributed by atoms with Crippen LogP contribution < -0.4 is 4.74 Å². The van der Waals surface area contributed by atoms with E-state index >= 15 is 0 Å². The van der Waals surface area contributed by atoms with E-state index in [2.05, 4.69) is 9.64 Å². The third-order valence-electron chi connectivity index (χ3n) is 6.62. The van der Waals surface area contributed by atoms with Crippen LogP contribution in [-0.2, 0) is 4.79 Å². The number of amides is 2. The Morgan fingerprint density at radius 2 is 1.53 bits per heavy atom. The molecule has 3 fully saturated rings. The maximum Gasteiger partial charge on any atom is 0.573 e. The van der Waals surface area contributed by atoms with Crippen molar-refractivity contribution < 1.29 is 27.5 Å². The molecule has 0 radical (unpaired) electrons. The van der Waals surface area contributed by atoms with E-state index in [0.29, 0.717) is 38.8 Å². The highest BCUT2D eigenvalue weighted by Crippen LogP contribution is 2.28. The van der Waals surface area contributed by atoms with Gasteiger partial charge in [-0.15, -0.1) is 13.2 Å². The van der Waals surface area contributed by atoms with Gasteiger partial charge in [-0.2, -0.15) is 0 Å². The van der Waals surface area contributed by atoms with E-state index in [1.807, 2.05) is 9.80 Å². The molecule has 0 N–H and O–H groups in total. The van der Waals surface area contributed by atoms with Gasteiger partial charge in [-0.1, -0.05) is 18.6 Å². The average Bonchev–Trinajstić information content (AvgIpc) is 2.72. The Morgan fingerprint density at radius 1 is 0.906 bits per heavy atom. The van der Waals surface area contributed by atoms with Crippen molar-refractivity contribution in [3.8, 4) is 5.75 Å². The molecule has 3 aliphatic rings. The molecule has 0 aromatic heterocycles. The summed E-state index contributed by atoms with van der Waals surface area (Å²) in [7, 11) is 0. The van der Waals surface area contributed by atoms with Crippen molar-refractivity contribution >= 4 is 11.8 Å². The van der Waals surface area contributed by atoms with E-state index in [1.54, 1.807) is 0 Å². The van der Waals surface area contributed by atoms with Gasteiger partial charge >= 0.3 is 6.36 Å². The normalized spacial score (nSPS) is 21.3. The first-order chi connectivity index (χ1) is 15.3. The highest BCUT2D eigenvalue weighted by molar-refractivity contribution is 5.97. The summed E-state index contributed by atoms with van der Waals surface area (Å²) in [5, 5.41) is 0. The zero-order chi connectivity index (χ0) is 22.7. The lowest BCUT2D eigenvalue weighted by Crippen LogP contribution is -2.56. The monoisotopic (exact) mass is 454 g/mol. The summed E-state index contributed by atoms with van der Waals surface area (Å²) in [5.41, 5.74) is -0.112. The third kappa shape index (κ3) is 5.53. The van der Waals surface area contributed by atoms with Crippen LogP contribution in [0.25, 0.3) is 0 Å². The lowest BCUT2D eigenvalue weighted by molar-refractivity contribution is -0.274. The van der Waals surface area contributed by atoms with Gasteiger partial charge in [0.1, 0.15) is 5.75 Å². The summed E-state index contributed by atoms with van der Waals surface area (Å²) < 4.78 is 41.9. The van der Waals surface area contributed by atoms with Gasteiger partial charge in [0, 0.05) is 58.4 Å². The zero-order valence-electron chi connectivity index (χ0n) is 18.0. The highest BCUT2D eigenvalue weighted by Gasteiger charge is 2.34. The molecule has 0 bridgehead atoms. The standard InChI is InChI=1S/C22H29F3N4O3/c23-22(24,25)32-19-7-2-1-6-18(19)21(31)29-10-8-26(9-11-29)16-20(30)28-14-12-27(13-15-28)17-4-3-5-17/h1-2,6-7,17H,3-5,8-16H2. The van der Waals surface area contributed by atoms with Crippen LogP contribution in [-0.4, -0.2) is 103 Å². The molecule has 32 heavy (non-hydrogen) atoms. The van der Waals surface area contributed by atoms with Gasteiger partial charge in [-0.25, -0.2) is 0 Å². The van der Waals surface area contributed by atoms with Crippen molar-refractivity contribution in [2.24, 2.45) is 0 Å². The van der Waals surface area contributed by atoms with Crippen molar-refractivity contribution in [2.45, 2.75) is 31.7 Å². The Balaban J connectivity index is 1.25. The second-order valence-corrected chi connectivity index (χ2v) is 8.61. The number of piperazine rings is 2. The molecule has 7 nitrogen and oxygen atoms in total. The first-order valence-corrected chi connectivity index (χ1v) is 11.2. The maximum atomic E-state index is 12.8. The van der Waals surface area contributed by atoms with Crippen LogP contribution in [0.5, 0.6) is 5.75 Å². The number of halogens is 3. The van der Waals surface area contributed by atoms with E-state index in [1.165, 1.54) is 42.4 Å². The molecule has 2 amide bonds. The molecule has 4 rings (SSSR count). The van der Waals surface area contributed by atoms with Crippen LogP contribution in [0.15, 0.2) is 24.3 Å². The minimum absolute atomic E-state index is 0.0990. The zero-order valence-corrected chi connectivity index (χ0v) is 18.0. The topological polar surface area (TPSA) is 56.3 Å². The van der Waals surface area contributed by atoms with Gasteiger partial charge in [0.05, 0.1) is 12.1 Å². The van der Waals surface area contributed by atoms with Gasteiger partial charge in [-0.3, -0.25) is 19.4 Å².